The van der Waals surface area contributed by atoms with Gasteiger partial charge < -0.3 is 0 Å². The SMILES string of the molecule is CCCCCCCC/C=C\CCCCCCCC(=O)C[C](C)C(=O)CCCCCCC/C=C\CCCCCCCC. The summed E-state index contributed by atoms with van der Waals surface area (Å²) in [5.74, 6) is 1.23. The van der Waals surface area contributed by atoms with Crippen LogP contribution in [0.2, 0.25) is 0 Å². The summed E-state index contributed by atoms with van der Waals surface area (Å²) < 4.78 is 0. The van der Waals surface area contributed by atoms with Crippen LogP contribution in [0.25, 0.3) is 0 Å². The van der Waals surface area contributed by atoms with Crippen molar-refractivity contribution in [2.24, 2.45) is 0 Å². The van der Waals surface area contributed by atoms with Gasteiger partial charge in [-0.2, -0.15) is 0 Å². The van der Waals surface area contributed by atoms with Crippen LogP contribution in [0.15, 0.2) is 24.3 Å². The third kappa shape index (κ3) is 31.6. The molecule has 0 atom stereocenters. The molecule has 0 aromatic carbocycles. The van der Waals surface area contributed by atoms with Crippen LogP contribution in [0.3, 0.4) is 0 Å². The Labute approximate surface area is 258 Å². The molecule has 0 aliphatic heterocycles. The number of hydrogen-bond acceptors (Lipinski definition) is 2. The maximum atomic E-state index is 12.4. The van der Waals surface area contributed by atoms with Gasteiger partial charge >= 0.3 is 0 Å². The highest BCUT2D eigenvalue weighted by Crippen LogP contribution is 2.17. The molecule has 2 nitrogen and oxygen atoms in total. The van der Waals surface area contributed by atoms with Gasteiger partial charge in [0.1, 0.15) is 11.6 Å². The quantitative estimate of drug-likeness (QED) is 0.0580. The Kier molecular flexibility index (Phi) is 32.4. The van der Waals surface area contributed by atoms with Crippen molar-refractivity contribution in [3.05, 3.63) is 30.2 Å². The Bertz CT molecular complexity index is 617. The molecule has 0 rings (SSSR count). The molecule has 0 aromatic heterocycles. The van der Waals surface area contributed by atoms with E-state index in [1.807, 2.05) is 6.92 Å². The van der Waals surface area contributed by atoms with Crippen molar-refractivity contribution < 1.29 is 9.59 Å². The molecule has 41 heavy (non-hydrogen) atoms. The highest BCUT2D eigenvalue weighted by atomic mass is 16.1. The first-order chi connectivity index (χ1) is 20.1. The molecule has 0 aliphatic rings. The van der Waals surface area contributed by atoms with Gasteiger partial charge in [0, 0.05) is 25.2 Å². The van der Waals surface area contributed by atoms with Crippen LogP contribution >= 0.6 is 0 Å². The summed E-state index contributed by atoms with van der Waals surface area (Å²) in [6.45, 7) is 6.42. The number of allylic oxidation sites excluding steroid dienone is 4. The average Bonchev–Trinajstić information content (AvgIpc) is 2.96. The number of Topliss-reactive ketones (excluding diaryl/α,β-unsaturated/α-hetero) is 2. The second kappa shape index (κ2) is 33.3. The largest absolute Gasteiger partial charge is 0.300 e. The van der Waals surface area contributed by atoms with E-state index >= 15 is 0 Å². The van der Waals surface area contributed by atoms with Gasteiger partial charge in [0.25, 0.3) is 0 Å². The predicted molar refractivity (Wildman–Crippen MR) is 182 cm³/mol. The summed E-state index contributed by atoms with van der Waals surface area (Å²) in [6.07, 6.45) is 44.1. The van der Waals surface area contributed by atoms with Crippen LogP contribution < -0.4 is 0 Å². The summed E-state index contributed by atoms with van der Waals surface area (Å²) >= 11 is 0. The maximum absolute atomic E-state index is 12.4. The molecule has 1 radical (unpaired) electrons. The molecular formula is C39H71O2. The monoisotopic (exact) mass is 572 g/mol. The number of unbranched alkanes of at least 4 members (excludes halogenated alkanes) is 22. The van der Waals surface area contributed by atoms with Crippen molar-refractivity contribution in [3.8, 4) is 0 Å². The second-order valence-corrected chi connectivity index (χ2v) is 12.6. The Morgan fingerprint density at radius 2 is 0.732 bits per heavy atom. The van der Waals surface area contributed by atoms with E-state index in [0.717, 1.165) is 31.6 Å². The molecule has 0 heterocycles. The lowest BCUT2D eigenvalue weighted by atomic mass is 9.94. The van der Waals surface area contributed by atoms with Crippen molar-refractivity contribution in [1.29, 1.82) is 0 Å². The summed E-state index contributed by atoms with van der Waals surface area (Å²) in [5.41, 5.74) is 0. The number of carbonyl (C=O) groups is 2. The van der Waals surface area contributed by atoms with Crippen molar-refractivity contribution in [2.45, 2.75) is 207 Å². The zero-order valence-corrected chi connectivity index (χ0v) is 28.1. The van der Waals surface area contributed by atoms with Gasteiger partial charge in [-0.05, 0) is 64.2 Å². The highest BCUT2D eigenvalue weighted by Gasteiger charge is 2.17. The van der Waals surface area contributed by atoms with E-state index in [9.17, 15) is 9.59 Å². The van der Waals surface area contributed by atoms with Crippen LogP contribution in [0, 0.1) is 5.92 Å². The zero-order chi connectivity index (χ0) is 30.1. The third-order valence-corrected chi connectivity index (χ3v) is 8.32. The van der Waals surface area contributed by atoms with Gasteiger partial charge in [0.2, 0.25) is 0 Å². The molecule has 0 aliphatic carbocycles. The standard InChI is InChI=1S/C39H71O2/c1-4-6-8-10-12-14-16-18-20-22-24-26-28-30-32-34-38(40)36-37(3)39(41)35-33-31-29-27-25-23-21-19-17-15-13-11-9-7-5-2/h18-21H,4-17,22-36H2,1-3H3/b20-18-,21-19-. The molecular weight excluding hydrogens is 500 g/mol. The van der Waals surface area contributed by atoms with Crippen molar-refractivity contribution in [3.63, 3.8) is 0 Å². The van der Waals surface area contributed by atoms with Gasteiger partial charge in [-0.3, -0.25) is 9.59 Å². The molecule has 0 unspecified atom stereocenters. The summed E-state index contributed by atoms with van der Waals surface area (Å²) in [7, 11) is 0. The first-order valence-corrected chi connectivity index (χ1v) is 18.3. The molecule has 0 N–H and O–H groups in total. The van der Waals surface area contributed by atoms with Crippen molar-refractivity contribution >= 4 is 11.6 Å². The highest BCUT2D eigenvalue weighted by molar-refractivity contribution is 5.96. The minimum Gasteiger partial charge on any atom is -0.300 e. The van der Waals surface area contributed by atoms with E-state index in [2.05, 4.69) is 38.2 Å². The smallest absolute Gasteiger partial charge is 0.140 e. The number of rotatable bonds is 33. The van der Waals surface area contributed by atoms with E-state index in [-0.39, 0.29) is 11.6 Å². The van der Waals surface area contributed by atoms with E-state index in [4.69, 9.17) is 0 Å². The summed E-state index contributed by atoms with van der Waals surface area (Å²) in [5, 5.41) is 0. The second-order valence-electron chi connectivity index (χ2n) is 12.6. The van der Waals surface area contributed by atoms with Crippen LogP contribution in [0.4, 0.5) is 0 Å². The van der Waals surface area contributed by atoms with Gasteiger partial charge in [-0.15, -0.1) is 0 Å². The first kappa shape index (κ1) is 39.8. The summed E-state index contributed by atoms with van der Waals surface area (Å²) in [6, 6.07) is 0. The van der Waals surface area contributed by atoms with E-state index < -0.39 is 0 Å². The fourth-order valence-electron chi connectivity index (χ4n) is 5.45. The molecule has 0 saturated carbocycles. The lowest BCUT2D eigenvalue weighted by Gasteiger charge is -2.09. The molecule has 0 spiro atoms. The number of hydrogen-bond donors (Lipinski definition) is 0. The van der Waals surface area contributed by atoms with Crippen molar-refractivity contribution in [2.75, 3.05) is 0 Å². The van der Waals surface area contributed by atoms with Crippen LogP contribution in [-0.2, 0) is 9.59 Å². The van der Waals surface area contributed by atoms with E-state index in [1.165, 1.54) is 141 Å². The Morgan fingerprint density at radius 3 is 1.12 bits per heavy atom. The first-order valence-electron chi connectivity index (χ1n) is 18.3. The third-order valence-electron chi connectivity index (χ3n) is 8.32. The summed E-state index contributed by atoms with van der Waals surface area (Å²) in [4.78, 5) is 24.7. The van der Waals surface area contributed by atoms with E-state index in [0.29, 0.717) is 19.3 Å². The minimum absolute atomic E-state index is 0.209. The van der Waals surface area contributed by atoms with Gasteiger partial charge in [0.05, 0.1) is 0 Å². The van der Waals surface area contributed by atoms with Gasteiger partial charge in [-0.1, -0.05) is 148 Å². The Hall–Kier alpha value is -1.18. The van der Waals surface area contributed by atoms with Crippen LogP contribution in [-0.4, -0.2) is 11.6 Å². The van der Waals surface area contributed by atoms with Crippen LogP contribution in [0.5, 0.6) is 0 Å². The molecule has 0 bridgehead atoms. The molecule has 0 aromatic rings. The lowest BCUT2D eigenvalue weighted by Crippen LogP contribution is -2.13. The zero-order valence-electron chi connectivity index (χ0n) is 28.1. The fourth-order valence-corrected chi connectivity index (χ4v) is 5.45. The molecule has 2 heteroatoms. The lowest BCUT2D eigenvalue weighted by molar-refractivity contribution is -0.122. The van der Waals surface area contributed by atoms with Crippen LogP contribution in [0.1, 0.15) is 207 Å². The topological polar surface area (TPSA) is 34.1 Å². The Balaban J connectivity index is 3.49. The van der Waals surface area contributed by atoms with E-state index in [1.54, 1.807) is 0 Å². The fraction of sp³-hybridized carbons (Fsp3) is 0.821. The number of ketones is 2. The molecule has 0 fully saturated rings. The number of carbonyl (C=O) groups excluding carboxylic acids is 2. The molecule has 239 valence electrons. The minimum atomic E-state index is 0.209. The molecule has 0 amide bonds. The molecule has 0 saturated heterocycles. The average molecular weight is 572 g/mol. The Morgan fingerprint density at radius 1 is 0.415 bits per heavy atom. The van der Waals surface area contributed by atoms with Crippen molar-refractivity contribution in [1.82, 2.24) is 0 Å². The van der Waals surface area contributed by atoms with Gasteiger partial charge in [-0.25, -0.2) is 0 Å². The normalized spacial score (nSPS) is 11.9. The van der Waals surface area contributed by atoms with Gasteiger partial charge in [0.15, 0.2) is 0 Å². The predicted octanol–water partition coefficient (Wildman–Crippen LogP) is 13.2. The maximum Gasteiger partial charge on any atom is 0.140 e.